The van der Waals surface area contributed by atoms with Crippen molar-refractivity contribution in [3.63, 3.8) is 0 Å². The molecule has 0 radical (unpaired) electrons. The Morgan fingerprint density at radius 1 is 1.33 bits per heavy atom. The lowest BCUT2D eigenvalue weighted by molar-refractivity contribution is -0.134. The van der Waals surface area contributed by atoms with Crippen molar-refractivity contribution in [1.29, 1.82) is 0 Å². The Balaban J connectivity index is 1.62. The smallest absolute Gasteiger partial charge is 0.248 e. The van der Waals surface area contributed by atoms with Gasteiger partial charge >= 0.3 is 0 Å². The molecule has 2 aliphatic heterocycles. The molecule has 1 aromatic carbocycles. The molecule has 3 rings (SSSR count). The first kappa shape index (κ1) is 17.2. The summed E-state index contributed by atoms with van der Waals surface area (Å²) in [6.45, 7) is 9.03. The minimum Gasteiger partial charge on any atom is -0.375 e. The fourth-order valence-corrected chi connectivity index (χ4v) is 4.22. The fourth-order valence-electron chi connectivity index (χ4n) is 4.22. The van der Waals surface area contributed by atoms with Gasteiger partial charge < -0.3 is 9.64 Å². The quantitative estimate of drug-likeness (QED) is 0.833. The molecule has 0 unspecified atom stereocenters. The van der Waals surface area contributed by atoms with Crippen molar-refractivity contribution < 1.29 is 9.53 Å². The lowest BCUT2D eigenvalue weighted by Crippen LogP contribution is -2.45. The maximum Gasteiger partial charge on any atom is 0.248 e. The van der Waals surface area contributed by atoms with Gasteiger partial charge in [-0.25, -0.2) is 0 Å². The second kappa shape index (κ2) is 7.49. The molecule has 2 saturated heterocycles. The predicted molar refractivity (Wildman–Crippen MR) is 96.6 cm³/mol. The first-order valence-electron chi connectivity index (χ1n) is 8.85. The summed E-state index contributed by atoms with van der Waals surface area (Å²) in [5, 5.41) is 0. The molecule has 0 N–H and O–H groups in total. The minimum atomic E-state index is 0.130. The highest BCUT2D eigenvalue weighted by atomic mass is 16.5. The first-order chi connectivity index (χ1) is 11.6. The van der Waals surface area contributed by atoms with Crippen molar-refractivity contribution >= 4 is 12.0 Å². The van der Waals surface area contributed by atoms with E-state index >= 15 is 0 Å². The Morgan fingerprint density at radius 3 is 3.00 bits per heavy atom. The number of carbonyl (C=O) groups is 1. The zero-order valence-electron chi connectivity index (χ0n) is 14.7. The molecular formula is C20H28N2O2. The van der Waals surface area contributed by atoms with Gasteiger partial charge in [-0.05, 0) is 36.9 Å². The minimum absolute atomic E-state index is 0.130. The van der Waals surface area contributed by atoms with Crippen molar-refractivity contribution in [2.24, 2.45) is 5.41 Å². The summed E-state index contributed by atoms with van der Waals surface area (Å²) in [5.74, 6) is 0.130. The molecule has 0 saturated carbocycles. The summed E-state index contributed by atoms with van der Waals surface area (Å²) >= 11 is 0. The molecule has 2 fully saturated rings. The van der Waals surface area contributed by atoms with Crippen molar-refractivity contribution in [3.05, 3.63) is 42.0 Å². The van der Waals surface area contributed by atoms with E-state index in [9.17, 15) is 4.79 Å². The summed E-state index contributed by atoms with van der Waals surface area (Å²) in [5.41, 5.74) is 2.80. The van der Waals surface area contributed by atoms with E-state index in [1.54, 1.807) is 7.11 Å². The molecule has 130 valence electrons. The number of ether oxygens (including phenoxy) is 1. The first-order valence-corrected chi connectivity index (χ1v) is 8.85. The molecule has 4 nitrogen and oxygen atoms in total. The van der Waals surface area contributed by atoms with Crippen molar-refractivity contribution in [3.8, 4) is 0 Å². The largest absolute Gasteiger partial charge is 0.375 e. The van der Waals surface area contributed by atoms with Crippen LogP contribution in [0.2, 0.25) is 0 Å². The molecule has 0 bridgehead atoms. The number of nitrogens with zero attached hydrogens (tertiary/aromatic N) is 2. The molecule has 1 aromatic rings. The van der Waals surface area contributed by atoms with Crippen LogP contribution in [0.3, 0.4) is 0 Å². The van der Waals surface area contributed by atoms with Crippen molar-refractivity contribution in [2.75, 3.05) is 39.9 Å². The highest BCUT2D eigenvalue weighted by Crippen LogP contribution is 2.39. The average Bonchev–Trinajstić information content (AvgIpc) is 2.99. The fraction of sp³-hybridized carbons (Fsp3) is 0.550. The number of piperidine rings is 1. The zero-order valence-corrected chi connectivity index (χ0v) is 14.7. The van der Waals surface area contributed by atoms with E-state index in [2.05, 4.69) is 35.7 Å². The van der Waals surface area contributed by atoms with Gasteiger partial charge in [0.15, 0.2) is 0 Å². The monoisotopic (exact) mass is 328 g/mol. The molecule has 24 heavy (non-hydrogen) atoms. The molecule has 1 atom stereocenters. The third-order valence-corrected chi connectivity index (χ3v) is 5.39. The summed E-state index contributed by atoms with van der Waals surface area (Å²) in [6, 6.07) is 8.60. The number of methoxy groups -OCH3 is 1. The van der Waals surface area contributed by atoms with Crippen LogP contribution in [0.5, 0.6) is 0 Å². The third kappa shape index (κ3) is 3.87. The number of hydrogen-bond acceptors (Lipinski definition) is 3. The Kier molecular flexibility index (Phi) is 5.36. The van der Waals surface area contributed by atoms with Crippen molar-refractivity contribution in [1.82, 2.24) is 9.80 Å². The molecule has 2 aliphatic rings. The number of benzene rings is 1. The standard InChI is InChI=1S/C20H28N2O2/c1-3-17-6-4-7-18(12-17)13-21-10-5-8-20(15-21)9-11-22(16-20)19(23)14-24-2/h3-4,6-7,12H,1,5,8-11,13-16H2,2H3/t20-/m1/s1. The average molecular weight is 328 g/mol. The molecule has 2 heterocycles. The maximum absolute atomic E-state index is 12.1. The van der Waals surface area contributed by atoms with E-state index in [0.29, 0.717) is 0 Å². The Labute approximate surface area is 145 Å². The highest BCUT2D eigenvalue weighted by molar-refractivity contribution is 5.77. The number of hydrogen-bond donors (Lipinski definition) is 0. The maximum atomic E-state index is 12.1. The lowest BCUT2D eigenvalue weighted by Gasteiger charge is -2.40. The van der Waals surface area contributed by atoms with Gasteiger partial charge in [-0.1, -0.05) is 36.9 Å². The van der Waals surface area contributed by atoms with E-state index in [1.165, 1.54) is 24.0 Å². The Bertz CT molecular complexity index is 601. The van der Waals surface area contributed by atoms with Gasteiger partial charge in [-0.2, -0.15) is 0 Å². The van der Waals surface area contributed by atoms with Crippen LogP contribution in [0.25, 0.3) is 6.08 Å². The van der Waals surface area contributed by atoms with E-state index in [1.807, 2.05) is 11.0 Å². The molecular weight excluding hydrogens is 300 g/mol. The van der Waals surface area contributed by atoms with E-state index in [-0.39, 0.29) is 17.9 Å². The third-order valence-electron chi connectivity index (χ3n) is 5.39. The second-order valence-corrected chi connectivity index (χ2v) is 7.26. The van der Waals surface area contributed by atoms with Crippen LogP contribution in [-0.2, 0) is 16.1 Å². The van der Waals surface area contributed by atoms with Crippen LogP contribution in [0.15, 0.2) is 30.8 Å². The number of amides is 1. The van der Waals surface area contributed by atoms with Gasteiger partial charge in [0.1, 0.15) is 6.61 Å². The van der Waals surface area contributed by atoms with Crippen LogP contribution >= 0.6 is 0 Å². The van der Waals surface area contributed by atoms with Crippen LogP contribution in [0.1, 0.15) is 30.4 Å². The topological polar surface area (TPSA) is 32.8 Å². The van der Waals surface area contributed by atoms with Gasteiger partial charge in [0.05, 0.1) is 0 Å². The van der Waals surface area contributed by atoms with E-state index in [4.69, 9.17) is 4.74 Å². The summed E-state index contributed by atoms with van der Waals surface area (Å²) < 4.78 is 5.00. The van der Waals surface area contributed by atoms with Gasteiger partial charge in [-0.15, -0.1) is 0 Å². The number of rotatable bonds is 5. The van der Waals surface area contributed by atoms with Crippen LogP contribution in [0, 0.1) is 5.41 Å². The SMILES string of the molecule is C=Cc1cccc(CN2CCC[C@@]3(CCN(C(=O)COC)C3)C2)c1. The molecule has 0 aliphatic carbocycles. The van der Waals surface area contributed by atoms with Gasteiger partial charge in [-0.3, -0.25) is 9.69 Å². The van der Waals surface area contributed by atoms with Gasteiger partial charge in [0, 0.05) is 38.7 Å². The summed E-state index contributed by atoms with van der Waals surface area (Å²) in [6.07, 6.45) is 5.46. The second-order valence-electron chi connectivity index (χ2n) is 7.26. The Hall–Kier alpha value is -1.65. The van der Waals surface area contributed by atoms with E-state index < -0.39 is 0 Å². The van der Waals surface area contributed by atoms with Crippen molar-refractivity contribution in [2.45, 2.75) is 25.8 Å². The number of likely N-dealkylation sites (tertiary alicyclic amines) is 2. The number of carbonyl (C=O) groups excluding carboxylic acids is 1. The predicted octanol–water partition coefficient (Wildman–Crippen LogP) is 2.79. The van der Waals surface area contributed by atoms with Crippen LogP contribution in [-0.4, -0.2) is 55.6 Å². The van der Waals surface area contributed by atoms with Gasteiger partial charge in [0.25, 0.3) is 0 Å². The van der Waals surface area contributed by atoms with Crippen LogP contribution in [0.4, 0.5) is 0 Å². The Morgan fingerprint density at radius 2 is 2.21 bits per heavy atom. The summed E-state index contributed by atoms with van der Waals surface area (Å²) in [4.78, 5) is 16.6. The zero-order chi connectivity index (χ0) is 17.0. The molecule has 4 heteroatoms. The molecule has 1 spiro atoms. The normalized spacial score (nSPS) is 24.5. The lowest BCUT2D eigenvalue weighted by atomic mass is 9.79. The summed E-state index contributed by atoms with van der Waals surface area (Å²) in [7, 11) is 1.59. The van der Waals surface area contributed by atoms with E-state index in [0.717, 1.165) is 39.1 Å². The molecule has 0 aromatic heterocycles. The van der Waals surface area contributed by atoms with Crippen LogP contribution < -0.4 is 0 Å². The highest BCUT2D eigenvalue weighted by Gasteiger charge is 2.42. The molecule has 1 amide bonds. The van der Waals surface area contributed by atoms with Gasteiger partial charge in [0.2, 0.25) is 5.91 Å².